The molecule has 0 saturated heterocycles. The summed E-state index contributed by atoms with van der Waals surface area (Å²) in [6.45, 7) is 4.72. The Bertz CT molecular complexity index is 2830. The second-order valence-corrected chi connectivity index (χ2v) is 14.9. The van der Waals surface area contributed by atoms with Crippen molar-refractivity contribution in [1.82, 2.24) is 0 Å². The van der Waals surface area contributed by atoms with Crippen LogP contribution >= 0.6 is 0 Å². The highest BCUT2D eigenvalue weighted by molar-refractivity contribution is 6.17. The molecule has 0 unspecified atom stereocenters. The Kier molecular flexibility index (Phi) is 7.56. The van der Waals surface area contributed by atoms with Crippen molar-refractivity contribution in [3.63, 3.8) is 0 Å². The third-order valence-corrected chi connectivity index (χ3v) is 11.4. The molecule has 0 N–H and O–H groups in total. The molecule has 10 rings (SSSR count). The van der Waals surface area contributed by atoms with Crippen LogP contribution in [0.3, 0.4) is 0 Å². The summed E-state index contributed by atoms with van der Waals surface area (Å²) in [5, 5.41) is 5.03. The van der Waals surface area contributed by atoms with Gasteiger partial charge < -0.3 is 4.90 Å². The van der Waals surface area contributed by atoms with Crippen molar-refractivity contribution in [2.24, 2.45) is 0 Å². The Labute approximate surface area is 317 Å². The van der Waals surface area contributed by atoms with E-state index in [0.29, 0.717) is 0 Å². The minimum Gasteiger partial charge on any atom is -0.310 e. The van der Waals surface area contributed by atoms with Crippen molar-refractivity contribution in [2.45, 2.75) is 19.3 Å². The highest BCUT2D eigenvalue weighted by Crippen LogP contribution is 2.51. The maximum Gasteiger partial charge on any atom is 0.0540 e. The molecule has 256 valence electrons. The summed E-state index contributed by atoms with van der Waals surface area (Å²) in [5.74, 6) is 0. The first-order valence-electron chi connectivity index (χ1n) is 18.9. The third-order valence-electron chi connectivity index (χ3n) is 11.4. The van der Waals surface area contributed by atoms with E-state index in [1.54, 1.807) is 0 Å². The zero-order valence-corrected chi connectivity index (χ0v) is 30.5. The maximum absolute atomic E-state index is 2.45. The van der Waals surface area contributed by atoms with Crippen LogP contribution in [0.1, 0.15) is 25.0 Å². The molecule has 0 fully saturated rings. The molecule has 1 heteroatoms. The molecule has 1 nitrogen and oxygen atoms in total. The molecule has 0 bridgehead atoms. The Morgan fingerprint density at radius 1 is 0.370 bits per heavy atom. The first kappa shape index (κ1) is 32.0. The highest BCUT2D eigenvalue weighted by atomic mass is 15.1. The summed E-state index contributed by atoms with van der Waals surface area (Å²) in [5.41, 5.74) is 16.0. The molecule has 0 heterocycles. The van der Waals surface area contributed by atoms with Gasteiger partial charge >= 0.3 is 0 Å². The van der Waals surface area contributed by atoms with Gasteiger partial charge in [-0.3, -0.25) is 0 Å². The molecule has 9 aromatic rings. The lowest BCUT2D eigenvalue weighted by Crippen LogP contribution is -2.16. The zero-order valence-electron chi connectivity index (χ0n) is 30.5. The largest absolute Gasteiger partial charge is 0.310 e. The minimum absolute atomic E-state index is 0.109. The molecule has 9 aromatic carbocycles. The predicted molar refractivity (Wildman–Crippen MR) is 230 cm³/mol. The lowest BCUT2D eigenvalue weighted by Gasteiger charge is -2.30. The fourth-order valence-electron chi connectivity index (χ4n) is 8.85. The van der Waals surface area contributed by atoms with Crippen LogP contribution < -0.4 is 4.90 Å². The number of benzene rings is 9. The van der Waals surface area contributed by atoms with Crippen LogP contribution in [0.4, 0.5) is 17.1 Å². The Hall–Kier alpha value is -6.70. The van der Waals surface area contributed by atoms with Crippen molar-refractivity contribution >= 4 is 38.6 Å². The molecule has 0 radical (unpaired) electrons. The molecule has 0 aliphatic heterocycles. The quantitative estimate of drug-likeness (QED) is 0.157. The van der Waals surface area contributed by atoms with Crippen LogP contribution in [0.2, 0.25) is 0 Å². The Balaban J connectivity index is 1.18. The molecular weight excluding hydrogens is 651 g/mol. The number of nitrogens with zero attached hydrogens (tertiary/aromatic N) is 1. The third kappa shape index (κ3) is 5.16. The van der Waals surface area contributed by atoms with Gasteiger partial charge in [-0.05, 0) is 108 Å². The number of hydrogen-bond donors (Lipinski definition) is 0. The summed E-state index contributed by atoms with van der Waals surface area (Å²) in [7, 11) is 0. The predicted octanol–water partition coefficient (Wildman–Crippen LogP) is 14.8. The van der Waals surface area contributed by atoms with Crippen LogP contribution in [0.15, 0.2) is 200 Å². The maximum atomic E-state index is 2.45. The second-order valence-electron chi connectivity index (χ2n) is 14.9. The summed E-state index contributed by atoms with van der Waals surface area (Å²) in [6, 6.07) is 73.4. The number of hydrogen-bond acceptors (Lipinski definition) is 1. The average Bonchev–Trinajstić information content (AvgIpc) is 3.46. The van der Waals surface area contributed by atoms with Crippen molar-refractivity contribution in [1.29, 1.82) is 0 Å². The molecular formula is C53H39N. The van der Waals surface area contributed by atoms with Crippen molar-refractivity contribution in [2.75, 3.05) is 4.90 Å². The molecule has 0 saturated carbocycles. The Morgan fingerprint density at radius 2 is 0.944 bits per heavy atom. The van der Waals surface area contributed by atoms with E-state index in [-0.39, 0.29) is 5.41 Å². The Morgan fingerprint density at radius 3 is 1.72 bits per heavy atom. The van der Waals surface area contributed by atoms with Gasteiger partial charge in [-0.1, -0.05) is 178 Å². The number of anilines is 3. The number of para-hydroxylation sites is 1. The minimum atomic E-state index is -0.109. The zero-order chi connectivity index (χ0) is 36.2. The van der Waals surface area contributed by atoms with Gasteiger partial charge in [0.15, 0.2) is 0 Å². The standard InChI is InChI=1S/C53H39N/c1-53(2)48-26-13-11-24-46(48)47-33-32-42(35-49(47)53)54(50-27-14-12-22-43(50)36-16-5-3-6-17-36)41-30-28-38(29-31-41)51-45-23-10-9-20-39(45)34-40-21-15-25-44(52(40)51)37-18-7-4-8-19-37/h3-35H,1-2H3. The van der Waals surface area contributed by atoms with Gasteiger partial charge in [0.25, 0.3) is 0 Å². The van der Waals surface area contributed by atoms with E-state index in [4.69, 9.17) is 0 Å². The van der Waals surface area contributed by atoms with E-state index in [0.717, 1.165) is 17.1 Å². The van der Waals surface area contributed by atoms with Gasteiger partial charge in [-0.25, -0.2) is 0 Å². The van der Waals surface area contributed by atoms with Gasteiger partial charge in [0, 0.05) is 22.4 Å². The summed E-state index contributed by atoms with van der Waals surface area (Å²) in [6.07, 6.45) is 0. The van der Waals surface area contributed by atoms with Gasteiger partial charge in [0.1, 0.15) is 0 Å². The molecule has 1 aliphatic rings. The van der Waals surface area contributed by atoms with Gasteiger partial charge in [-0.2, -0.15) is 0 Å². The van der Waals surface area contributed by atoms with E-state index in [1.165, 1.54) is 77.2 Å². The fourth-order valence-corrected chi connectivity index (χ4v) is 8.85. The van der Waals surface area contributed by atoms with E-state index in [2.05, 4.69) is 219 Å². The molecule has 0 spiro atoms. The molecule has 0 atom stereocenters. The lowest BCUT2D eigenvalue weighted by molar-refractivity contribution is 0.660. The van der Waals surface area contributed by atoms with Gasteiger partial charge in [0.2, 0.25) is 0 Å². The average molecular weight is 690 g/mol. The summed E-state index contributed by atoms with van der Waals surface area (Å²) in [4.78, 5) is 2.45. The van der Waals surface area contributed by atoms with Gasteiger partial charge in [-0.15, -0.1) is 0 Å². The smallest absolute Gasteiger partial charge is 0.0540 e. The molecule has 54 heavy (non-hydrogen) atoms. The molecule has 1 aliphatic carbocycles. The van der Waals surface area contributed by atoms with Crippen LogP contribution in [0.25, 0.3) is 66.1 Å². The van der Waals surface area contributed by atoms with Crippen LogP contribution in [-0.2, 0) is 5.41 Å². The van der Waals surface area contributed by atoms with Crippen molar-refractivity contribution < 1.29 is 0 Å². The number of fused-ring (bicyclic) bond motifs is 5. The first-order chi connectivity index (χ1) is 26.6. The monoisotopic (exact) mass is 689 g/mol. The number of rotatable bonds is 6. The summed E-state index contributed by atoms with van der Waals surface area (Å²) < 4.78 is 0. The van der Waals surface area contributed by atoms with E-state index in [9.17, 15) is 0 Å². The normalized spacial score (nSPS) is 12.8. The van der Waals surface area contributed by atoms with E-state index in [1.807, 2.05) is 0 Å². The summed E-state index contributed by atoms with van der Waals surface area (Å²) >= 11 is 0. The van der Waals surface area contributed by atoms with Crippen molar-refractivity contribution in [3.05, 3.63) is 211 Å². The lowest BCUT2D eigenvalue weighted by atomic mass is 9.82. The van der Waals surface area contributed by atoms with Crippen LogP contribution in [0.5, 0.6) is 0 Å². The SMILES string of the molecule is CC1(C)c2ccccc2-c2ccc(N(c3ccc(-c4c5ccccc5cc5cccc(-c6ccccc6)c45)cc3)c3ccccc3-c3ccccc3)cc21. The van der Waals surface area contributed by atoms with E-state index < -0.39 is 0 Å². The molecule has 0 aromatic heterocycles. The van der Waals surface area contributed by atoms with Crippen molar-refractivity contribution in [3.8, 4) is 44.5 Å². The van der Waals surface area contributed by atoms with E-state index >= 15 is 0 Å². The molecule has 0 amide bonds. The fraction of sp³-hybridized carbons (Fsp3) is 0.0566. The first-order valence-corrected chi connectivity index (χ1v) is 18.9. The second kappa shape index (κ2) is 12.8. The van der Waals surface area contributed by atoms with Crippen LogP contribution in [0, 0.1) is 0 Å². The van der Waals surface area contributed by atoms with Gasteiger partial charge in [0.05, 0.1) is 5.69 Å². The van der Waals surface area contributed by atoms with Crippen LogP contribution in [-0.4, -0.2) is 0 Å². The topological polar surface area (TPSA) is 3.24 Å². The highest BCUT2D eigenvalue weighted by Gasteiger charge is 2.36.